The Morgan fingerprint density at radius 2 is 2.17 bits per heavy atom. The van der Waals surface area contributed by atoms with Crippen LogP contribution in [0.3, 0.4) is 0 Å². The van der Waals surface area contributed by atoms with Gasteiger partial charge in [-0.2, -0.15) is 11.8 Å². The number of amides is 1. The molecule has 4 rings (SSSR count). The quantitative estimate of drug-likeness (QED) is 0.706. The molecule has 0 bridgehead atoms. The Kier molecular flexibility index (Phi) is 4.58. The maximum absolute atomic E-state index is 12.7. The number of benzene rings is 1. The van der Waals surface area contributed by atoms with E-state index in [0.29, 0.717) is 11.7 Å². The standard InChI is InChI=1S/C18H18N2O2S2/c21-18(12-14-13-4-1-2-5-15(13)22-19-14)20-8-7-17(24-11-9-20)16-6-3-10-23-16/h1-6,10,17H,7-9,11-12H2/t17-/m0/s1. The molecule has 1 aromatic carbocycles. The predicted octanol–water partition coefficient (Wildman–Crippen LogP) is 4.14. The third kappa shape index (κ3) is 3.21. The fourth-order valence-electron chi connectivity index (χ4n) is 3.04. The van der Waals surface area contributed by atoms with Crippen molar-refractivity contribution in [1.82, 2.24) is 10.1 Å². The number of para-hydroxylation sites is 1. The highest BCUT2D eigenvalue weighted by Crippen LogP contribution is 2.36. The van der Waals surface area contributed by atoms with Gasteiger partial charge in [0.2, 0.25) is 5.91 Å². The van der Waals surface area contributed by atoms with Crippen LogP contribution in [0.1, 0.15) is 22.2 Å². The second-order valence-electron chi connectivity index (χ2n) is 5.85. The third-order valence-electron chi connectivity index (χ3n) is 4.33. The Morgan fingerprint density at radius 3 is 3.04 bits per heavy atom. The minimum atomic E-state index is 0.140. The molecule has 4 nitrogen and oxygen atoms in total. The topological polar surface area (TPSA) is 46.3 Å². The van der Waals surface area contributed by atoms with E-state index in [9.17, 15) is 4.79 Å². The highest BCUT2D eigenvalue weighted by Gasteiger charge is 2.23. The predicted molar refractivity (Wildman–Crippen MR) is 98.4 cm³/mol. The molecule has 24 heavy (non-hydrogen) atoms. The van der Waals surface area contributed by atoms with Gasteiger partial charge in [0, 0.05) is 34.4 Å². The number of aromatic nitrogens is 1. The molecular formula is C18H18N2O2S2. The van der Waals surface area contributed by atoms with Crippen LogP contribution >= 0.6 is 23.1 Å². The Balaban J connectivity index is 1.43. The molecule has 0 spiro atoms. The Hall–Kier alpha value is -1.79. The van der Waals surface area contributed by atoms with Gasteiger partial charge in [-0.25, -0.2) is 0 Å². The average molecular weight is 358 g/mol. The van der Waals surface area contributed by atoms with Gasteiger partial charge in [0.15, 0.2) is 5.58 Å². The fraction of sp³-hybridized carbons (Fsp3) is 0.333. The first-order chi connectivity index (χ1) is 11.8. The molecule has 1 amide bonds. The number of hydrogen-bond donors (Lipinski definition) is 0. The van der Waals surface area contributed by atoms with Gasteiger partial charge in [0.1, 0.15) is 5.69 Å². The number of carbonyl (C=O) groups is 1. The number of fused-ring (bicyclic) bond motifs is 1. The highest BCUT2D eigenvalue weighted by atomic mass is 32.2. The van der Waals surface area contributed by atoms with E-state index in [4.69, 9.17) is 4.52 Å². The van der Waals surface area contributed by atoms with Crippen molar-refractivity contribution in [2.75, 3.05) is 18.8 Å². The van der Waals surface area contributed by atoms with Gasteiger partial charge in [-0.05, 0) is 30.0 Å². The molecule has 1 aliphatic rings. The lowest BCUT2D eigenvalue weighted by Crippen LogP contribution is -2.34. The third-order valence-corrected chi connectivity index (χ3v) is 6.77. The second-order valence-corrected chi connectivity index (χ2v) is 8.14. The Bertz CT molecular complexity index is 829. The molecule has 1 fully saturated rings. The molecule has 3 heterocycles. The number of thioether (sulfide) groups is 1. The van der Waals surface area contributed by atoms with E-state index >= 15 is 0 Å². The van der Waals surface area contributed by atoms with Crippen molar-refractivity contribution in [2.45, 2.75) is 18.1 Å². The van der Waals surface area contributed by atoms with Crippen LogP contribution in [0.25, 0.3) is 11.0 Å². The molecule has 1 aliphatic heterocycles. The summed E-state index contributed by atoms with van der Waals surface area (Å²) in [4.78, 5) is 16.1. The van der Waals surface area contributed by atoms with Crippen molar-refractivity contribution >= 4 is 40.0 Å². The zero-order valence-corrected chi connectivity index (χ0v) is 14.8. The molecule has 2 aromatic heterocycles. The summed E-state index contributed by atoms with van der Waals surface area (Å²) in [6, 6.07) is 12.0. The molecule has 1 saturated heterocycles. The molecule has 1 atom stereocenters. The van der Waals surface area contributed by atoms with Crippen LogP contribution in [-0.2, 0) is 11.2 Å². The molecule has 0 aliphatic carbocycles. The molecule has 3 aromatic rings. The first kappa shape index (κ1) is 15.7. The van der Waals surface area contributed by atoms with E-state index in [0.717, 1.165) is 41.9 Å². The van der Waals surface area contributed by atoms with Gasteiger partial charge in [-0.1, -0.05) is 23.4 Å². The summed E-state index contributed by atoms with van der Waals surface area (Å²) in [5.74, 6) is 1.12. The summed E-state index contributed by atoms with van der Waals surface area (Å²) in [7, 11) is 0. The first-order valence-corrected chi connectivity index (χ1v) is 10.00. The van der Waals surface area contributed by atoms with Crippen molar-refractivity contribution in [1.29, 1.82) is 0 Å². The first-order valence-electron chi connectivity index (χ1n) is 8.07. The molecule has 0 saturated carbocycles. The van der Waals surface area contributed by atoms with Crippen molar-refractivity contribution in [2.24, 2.45) is 0 Å². The maximum atomic E-state index is 12.7. The van der Waals surface area contributed by atoms with Gasteiger partial charge < -0.3 is 9.42 Å². The smallest absolute Gasteiger partial charge is 0.228 e. The average Bonchev–Trinajstić information content (AvgIpc) is 3.20. The van der Waals surface area contributed by atoms with Gasteiger partial charge in [0.05, 0.1) is 6.42 Å². The molecule has 124 valence electrons. The van der Waals surface area contributed by atoms with E-state index < -0.39 is 0 Å². The van der Waals surface area contributed by atoms with E-state index in [2.05, 4.69) is 22.7 Å². The Labute approximate surface area is 148 Å². The van der Waals surface area contributed by atoms with Crippen molar-refractivity contribution in [3.63, 3.8) is 0 Å². The fourth-order valence-corrected chi connectivity index (χ4v) is 5.28. The lowest BCUT2D eigenvalue weighted by Gasteiger charge is -2.19. The normalized spacial score (nSPS) is 18.7. The van der Waals surface area contributed by atoms with Crippen molar-refractivity contribution < 1.29 is 9.32 Å². The van der Waals surface area contributed by atoms with E-state index in [1.54, 1.807) is 11.3 Å². The van der Waals surface area contributed by atoms with Crippen LogP contribution in [-0.4, -0.2) is 34.8 Å². The van der Waals surface area contributed by atoms with Gasteiger partial charge in [0.25, 0.3) is 0 Å². The molecule has 6 heteroatoms. The van der Waals surface area contributed by atoms with Gasteiger partial charge in [-0.15, -0.1) is 11.3 Å². The van der Waals surface area contributed by atoms with Crippen LogP contribution in [0, 0.1) is 0 Å². The summed E-state index contributed by atoms with van der Waals surface area (Å²) in [5.41, 5.74) is 1.48. The van der Waals surface area contributed by atoms with Crippen molar-refractivity contribution in [3.05, 3.63) is 52.3 Å². The van der Waals surface area contributed by atoms with E-state index in [1.165, 1.54) is 4.88 Å². The monoisotopic (exact) mass is 358 g/mol. The van der Waals surface area contributed by atoms with E-state index in [-0.39, 0.29) is 5.91 Å². The minimum absolute atomic E-state index is 0.140. The van der Waals surface area contributed by atoms with E-state index in [1.807, 2.05) is 40.9 Å². The lowest BCUT2D eigenvalue weighted by atomic mass is 10.1. The number of carbonyl (C=O) groups excluding carboxylic acids is 1. The van der Waals surface area contributed by atoms with Crippen LogP contribution in [0.5, 0.6) is 0 Å². The zero-order valence-electron chi connectivity index (χ0n) is 13.2. The summed E-state index contributed by atoms with van der Waals surface area (Å²) in [6.07, 6.45) is 1.32. The SMILES string of the molecule is O=C(Cc1noc2ccccc12)N1CCS[C@H](c2cccs2)CC1. The Morgan fingerprint density at radius 1 is 1.25 bits per heavy atom. The summed E-state index contributed by atoms with van der Waals surface area (Å²) in [6.45, 7) is 1.62. The largest absolute Gasteiger partial charge is 0.356 e. The van der Waals surface area contributed by atoms with Crippen LogP contribution in [0.2, 0.25) is 0 Å². The van der Waals surface area contributed by atoms with Crippen LogP contribution < -0.4 is 0 Å². The number of rotatable bonds is 3. The molecule has 0 N–H and O–H groups in total. The summed E-state index contributed by atoms with van der Waals surface area (Å²) < 4.78 is 5.30. The van der Waals surface area contributed by atoms with Crippen LogP contribution in [0.4, 0.5) is 0 Å². The second kappa shape index (κ2) is 6.99. The molecule has 0 radical (unpaired) electrons. The lowest BCUT2D eigenvalue weighted by molar-refractivity contribution is -0.130. The molecular weight excluding hydrogens is 340 g/mol. The maximum Gasteiger partial charge on any atom is 0.228 e. The van der Waals surface area contributed by atoms with Gasteiger partial charge in [-0.3, -0.25) is 4.79 Å². The summed E-state index contributed by atoms with van der Waals surface area (Å²) >= 11 is 3.76. The number of thiophene rings is 1. The summed E-state index contributed by atoms with van der Waals surface area (Å²) in [5, 5.41) is 7.65. The highest BCUT2D eigenvalue weighted by molar-refractivity contribution is 7.99. The van der Waals surface area contributed by atoms with Crippen molar-refractivity contribution in [3.8, 4) is 0 Å². The number of hydrogen-bond acceptors (Lipinski definition) is 5. The zero-order chi connectivity index (χ0) is 16.4. The minimum Gasteiger partial charge on any atom is -0.356 e. The van der Waals surface area contributed by atoms with Crippen LogP contribution in [0.15, 0.2) is 46.3 Å². The number of nitrogens with zero attached hydrogens (tertiary/aromatic N) is 2. The van der Waals surface area contributed by atoms with Gasteiger partial charge >= 0.3 is 0 Å². The molecule has 0 unspecified atom stereocenters.